The number of hydrogen-bond donors (Lipinski definition) is 2. The number of aryl methyl sites for hydroxylation is 1. The maximum Gasteiger partial charge on any atom is 0.142 e. The number of para-hydroxylation sites is 2. The van der Waals surface area contributed by atoms with Crippen molar-refractivity contribution in [3.05, 3.63) is 152 Å². The van der Waals surface area contributed by atoms with E-state index in [1.165, 1.54) is 16.4 Å². The third-order valence-electron chi connectivity index (χ3n) is 6.35. The normalized spacial score (nSPS) is 14.2. The van der Waals surface area contributed by atoms with Crippen molar-refractivity contribution in [3.63, 3.8) is 0 Å². The minimum Gasteiger partial charge on any atom is -0.456 e. The Bertz CT molecular complexity index is 1440. The first-order valence-electron chi connectivity index (χ1n) is 12.8. The summed E-state index contributed by atoms with van der Waals surface area (Å²) in [6, 6.07) is 21.0. The Hall–Kier alpha value is -3.78. The molecule has 0 radical (unpaired) electrons. The van der Waals surface area contributed by atoms with Gasteiger partial charge >= 0.3 is 0 Å². The molecule has 7 heteroatoms. The molecule has 0 saturated carbocycles. The van der Waals surface area contributed by atoms with Crippen molar-refractivity contribution in [2.45, 2.75) is 26.2 Å². The number of nitrogens with zero attached hydrogens (tertiary/aromatic N) is 2. The molecule has 0 spiro atoms. The molecule has 1 aliphatic heterocycles. The van der Waals surface area contributed by atoms with Crippen molar-refractivity contribution >= 4 is 22.4 Å². The van der Waals surface area contributed by atoms with Crippen molar-refractivity contribution in [3.8, 4) is 11.5 Å². The van der Waals surface area contributed by atoms with E-state index in [9.17, 15) is 0 Å². The van der Waals surface area contributed by atoms with Gasteiger partial charge in [-0.1, -0.05) is 69.5 Å². The van der Waals surface area contributed by atoms with E-state index in [1.54, 1.807) is 12.2 Å². The van der Waals surface area contributed by atoms with Crippen LogP contribution in [0, 0.1) is 6.92 Å². The summed E-state index contributed by atoms with van der Waals surface area (Å²) >= 11 is 0. The second-order valence-corrected chi connectivity index (χ2v) is 12.2. The molecule has 0 aliphatic carbocycles. The molecule has 0 amide bonds. The molecule has 0 fully saturated rings. The quantitative estimate of drug-likeness (QED) is 0.162. The average molecular weight is 555 g/mol. The first-order valence-corrected chi connectivity index (χ1v) is 15.0. The zero-order chi connectivity index (χ0) is 27.7. The van der Waals surface area contributed by atoms with E-state index >= 15 is 0 Å². The Morgan fingerprint density at radius 3 is 2.13 bits per heavy atom. The molecule has 2 aromatic heterocycles. The fraction of sp³-hybridized carbons (Fsp3) is 0.125. The van der Waals surface area contributed by atoms with Gasteiger partial charge < -0.3 is 23.6 Å². The molecule has 0 bridgehead atoms. The van der Waals surface area contributed by atoms with E-state index < -0.39 is 8.22 Å². The van der Waals surface area contributed by atoms with Crippen LogP contribution in [0.1, 0.15) is 30.5 Å². The molecule has 2 N–H and O–H groups in total. The lowest BCUT2D eigenvalue weighted by Crippen LogP contribution is -2.29. The van der Waals surface area contributed by atoms with Crippen molar-refractivity contribution in [1.82, 2.24) is 18.8 Å². The van der Waals surface area contributed by atoms with Gasteiger partial charge in [-0.15, -0.1) is 0 Å². The van der Waals surface area contributed by atoms with Crippen LogP contribution in [0.25, 0.3) is 0 Å². The number of benzene rings is 2. The molecule has 3 heterocycles. The van der Waals surface area contributed by atoms with Crippen LogP contribution in [-0.4, -0.2) is 8.68 Å². The molecule has 0 saturated heterocycles. The molecule has 1 aliphatic rings. The molecule has 4 aromatic rings. The van der Waals surface area contributed by atoms with Gasteiger partial charge in [-0.05, 0) is 55.0 Å². The SMILES string of the molecule is C=C/C=C\NP(c1cccc2c1Oc1c(C)cccc1C2(C)C)n1cccc1.C=C/C=C\NPn1cccc1. The minimum absolute atomic E-state index is 0.125. The molecule has 5 rings (SSSR count). The Kier molecular flexibility index (Phi) is 9.65. The van der Waals surface area contributed by atoms with Crippen LogP contribution in [0.4, 0.5) is 0 Å². The summed E-state index contributed by atoms with van der Waals surface area (Å²) in [6.45, 7) is 14.0. The summed E-state index contributed by atoms with van der Waals surface area (Å²) < 4.78 is 10.9. The Morgan fingerprint density at radius 2 is 1.44 bits per heavy atom. The third-order valence-corrected chi connectivity index (χ3v) is 9.13. The topological polar surface area (TPSA) is 43.1 Å². The predicted molar refractivity (Wildman–Crippen MR) is 169 cm³/mol. The summed E-state index contributed by atoms with van der Waals surface area (Å²) in [5, 5.41) is 7.85. The van der Waals surface area contributed by atoms with Crippen LogP contribution in [0.2, 0.25) is 0 Å². The minimum atomic E-state index is -0.873. The molecule has 39 heavy (non-hydrogen) atoms. The van der Waals surface area contributed by atoms with E-state index in [0.717, 1.165) is 17.1 Å². The highest BCUT2D eigenvalue weighted by Crippen LogP contribution is 2.50. The number of hydrogen-bond acceptors (Lipinski definition) is 3. The maximum atomic E-state index is 6.58. The Balaban J connectivity index is 0.000000270. The number of fused-ring (bicyclic) bond motifs is 2. The first-order chi connectivity index (χ1) is 19.0. The molecular formula is C32H36N4OP2. The van der Waals surface area contributed by atoms with Crippen molar-refractivity contribution in [2.24, 2.45) is 0 Å². The fourth-order valence-corrected chi connectivity index (χ4v) is 6.75. The molecule has 2 unspecified atom stereocenters. The van der Waals surface area contributed by atoms with Gasteiger partial charge in [0.05, 0.1) is 14.2 Å². The Morgan fingerprint density at radius 1 is 0.821 bits per heavy atom. The number of allylic oxidation sites excluding steroid dienone is 4. The van der Waals surface area contributed by atoms with Crippen LogP contribution < -0.4 is 20.2 Å². The third kappa shape index (κ3) is 6.63. The predicted octanol–water partition coefficient (Wildman–Crippen LogP) is 8.14. The fourth-order valence-electron chi connectivity index (χ4n) is 4.36. The van der Waals surface area contributed by atoms with Gasteiger partial charge in [0.15, 0.2) is 0 Å². The summed E-state index contributed by atoms with van der Waals surface area (Å²) in [6.07, 6.45) is 19.4. The highest BCUT2D eigenvalue weighted by Gasteiger charge is 2.37. The molecule has 2 aromatic carbocycles. The summed E-state index contributed by atoms with van der Waals surface area (Å²) in [5.41, 5.74) is 3.50. The molecule has 200 valence electrons. The second-order valence-electron chi connectivity index (χ2n) is 9.37. The van der Waals surface area contributed by atoms with Gasteiger partial charge in [-0.2, -0.15) is 0 Å². The summed E-state index contributed by atoms with van der Waals surface area (Å²) in [4.78, 5) is 0. The van der Waals surface area contributed by atoms with E-state index in [2.05, 4.69) is 102 Å². The lowest BCUT2D eigenvalue weighted by Gasteiger charge is -2.37. The second kappa shape index (κ2) is 13.3. The van der Waals surface area contributed by atoms with Gasteiger partial charge in [0.25, 0.3) is 0 Å². The number of nitrogens with one attached hydrogen (secondary N) is 2. The highest BCUT2D eigenvalue weighted by molar-refractivity contribution is 7.62. The lowest BCUT2D eigenvalue weighted by molar-refractivity contribution is 0.418. The zero-order valence-corrected chi connectivity index (χ0v) is 24.6. The smallest absolute Gasteiger partial charge is 0.142 e. The van der Waals surface area contributed by atoms with Crippen LogP contribution in [-0.2, 0) is 5.41 Å². The van der Waals surface area contributed by atoms with Gasteiger partial charge in [0.1, 0.15) is 19.7 Å². The van der Waals surface area contributed by atoms with E-state index in [0.29, 0.717) is 8.88 Å². The largest absolute Gasteiger partial charge is 0.456 e. The number of ether oxygens (including phenoxy) is 1. The van der Waals surface area contributed by atoms with Crippen molar-refractivity contribution < 1.29 is 4.74 Å². The molecular weight excluding hydrogens is 518 g/mol. The number of aromatic nitrogens is 2. The van der Waals surface area contributed by atoms with Gasteiger partial charge in [-0.3, -0.25) is 0 Å². The van der Waals surface area contributed by atoms with Gasteiger partial charge in [-0.25, -0.2) is 0 Å². The molecule has 5 nitrogen and oxygen atoms in total. The van der Waals surface area contributed by atoms with Gasteiger partial charge in [0, 0.05) is 53.7 Å². The van der Waals surface area contributed by atoms with E-state index in [1.807, 2.05) is 61.2 Å². The lowest BCUT2D eigenvalue weighted by atomic mass is 9.75. The molecule has 2 atom stereocenters. The Labute approximate surface area is 235 Å². The summed E-state index contributed by atoms with van der Waals surface area (Å²) in [5.74, 6) is 1.95. The average Bonchev–Trinajstić information content (AvgIpc) is 3.65. The van der Waals surface area contributed by atoms with Crippen LogP contribution >= 0.6 is 17.1 Å². The van der Waals surface area contributed by atoms with E-state index in [-0.39, 0.29) is 5.41 Å². The van der Waals surface area contributed by atoms with Gasteiger partial charge in [0.2, 0.25) is 0 Å². The monoisotopic (exact) mass is 554 g/mol. The zero-order valence-electron chi connectivity index (χ0n) is 22.7. The van der Waals surface area contributed by atoms with Crippen LogP contribution in [0.15, 0.2) is 135 Å². The van der Waals surface area contributed by atoms with Crippen molar-refractivity contribution in [1.29, 1.82) is 0 Å². The number of rotatable bonds is 9. The maximum absolute atomic E-state index is 6.58. The van der Waals surface area contributed by atoms with E-state index in [4.69, 9.17) is 4.74 Å². The first kappa shape index (κ1) is 28.2. The highest BCUT2D eigenvalue weighted by atomic mass is 31.1. The standard InChI is InChI=1S/C24H25N2OP.C8H11N2P/c1-5-6-15-25-28(26-16-7-8-17-26)21-14-10-13-20-23(21)27-22-18(2)11-9-12-19(22)24(20,3)4;1-2-3-6-9-11-10-7-4-5-8-10/h5-17,25H,1H2,2-4H3;2-9,11H,1H2/b15-6-;6-3-. The van der Waals surface area contributed by atoms with Crippen LogP contribution in [0.5, 0.6) is 11.5 Å². The van der Waals surface area contributed by atoms with Crippen molar-refractivity contribution in [2.75, 3.05) is 0 Å². The van der Waals surface area contributed by atoms with Crippen LogP contribution in [0.3, 0.4) is 0 Å². The summed E-state index contributed by atoms with van der Waals surface area (Å²) in [7, 11) is -0.303.